The average molecular weight is 347 g/mol. The molecule has 1 amide bonds. The van der Waals surface area contributed by atoms with Gasteiger partial charge in [-0.25, -0.2) is 0 Å². The zero-order chi connectivity index (χ0) is 16.9. The molecule has 0 saturated heterocycles. The normalized spacial score (nSPS) is 13.6. The Morgan fingerprint density at radius 3 is 2.88 bits per heavy atom. The smallest absolute Gasteiger partial charge is 0.234 e. The van der Waals surface area contributed by atoms with Crippen molar-refractivity contribution in [1.29, 1.82) is 0 Å². The van der Waals surface area contributed by atoms with E-state index in [-0.39, 0.29) is 25.3 Å². The van der Waals surface area contributed by atoms with Crippen LogP contribution in [0.3, 0.4) is 0 Å². The number of hydrogen-bond donors (Lipinski definition) is 2. The summed E-state index contributed by atoms with van der Waals surface area (Å²) in [6.07, 6.45) is 0. The molecule has 1 aliphatic heterocycles. The number of ether oxygens (including phenoxy) is 2. The lowest BCUT2D eigenvalue weighted by Gasteiger charge is -2.14. The number of hydrogen-bond acceptors (Lipinski definition) is 4. The van der Waals surface area contributed by atoms with Gasteiger partial charge in [0.05, 0.1) is 6.54 Å². The highest BCUT2D eigenvalue weighted by atomic mass is 35.5. The van der Waals surface area contributed by atoms with E-state index in [2.05, 4.69) is 10.6 Å². The second kappa shape index (κ2) is 7.55. The first-order valence-corrected chi connectivity index (χ1v) is 8.13. The van der Waals surface area contributed by atoms with Gasteiger partial charge in [0.2, 0.25) is 12.7 Å². The number of fused-ring (bicyclic) bond motifs is 1. The Kier molecular flexibility index (Phi) is 5.23. The molecule has 2 aromatic rings. The maximum Gasteiger partial charge on any atom is 0.234 e. The topological polar surface area (TPSA) is 59.6 Å². The maximum absolute atomic E-state index is 12.0. The van der Waals surface area contributed by atoms with Gasteiger partial charge in [-0.1, -0.05) is 29.8 Å². The molecule has 0 fully saturated rings. The fraction of sp³-hybridized carbons (Fsp3) is 0.278. The molecule has 5 nitrogen and oxygen atoms in total. The summed E-state index contributed by atoms with van der Waals surface area (Å²) in [4.78, 5) is 12.0. The van der Waals surface area contributed by atoms with Crippen LogP contribution in [0.4, 0.5) is 0 Å². The van der Waals surface area contributed by atoms with Crippen LogP contribution in [-0.4, -0.2) is 19.2 Å². The van der Waals surface area contributed by atoms with Gasteiger partial charge >= 0.3 is 0 Å². The second-order valence-electron chi connectivity index (χ2n) is 5.62. The SMILES string of the molecule is C[C@H](NCC(=O)NCc1ccc2c(c1)OCO2)c1cccc(Cl)c1. The number of carbonyl (C=O) groups is 1. The Bertz CT molecular complexity index is 736. The van der Waals surface area contributed by atoms with Crippen LogP contribution >= 0.6 is 11.6 Å². The quantitative estimate of drug-likeness (QED) is 0.844. The van der Waals surface area contributed by atoms with Crippen LogP contribution in [0, 0.1) is 0 Å². The number of halogens is 1. The van der Waals surface area contributed by atoms with Crippen molar-refractivity contribution in [3.8, 4) is 11.5 Å². The van der Waals surface area contributed by atoms with Gasteiger partial charge in [0.25, 0.3) is 0 Å². The lowest BCUT2D eigenvalue weighted by Crippen LogP contribution is -2.34. The van der Waals surface area contributed by atoms with Crippen LogP contribution in [0.5, 0.6) is 11.5 Å². The molecule has 0 radical (unpaired) electrons. The fourth-order valence-corrected chi connectivity index (χ4v) is 2.65. The van der Waals surface area contributed by atoms with Crippen LogP contribution in [-0.2, 0) is 11.3 Å². The first-order chi connectivity index (χ1) is 11.6. The van der Waals surface area contributed by atoms with Crippen LogP contribution in [0.15, 0.2) is 42.5 Å². The van der Waals surface area contributed by atoms with Gasteiger partial charge in [-0.15, -0.1) is 0 Å². The molecule has 2 aromatic carbocycles. The minimum atomic E-state index is -0.0680. The molecule has 0 saturated carbocycles. The summed E-state index contributed by atoms with van der Waals surface area (Å²) >= 11 is 5.98. The Balaban J connectivity index is 1.46. The summed E-state index contributed by atoms with van der Waals surface area (Å²) < 4.78 is 10.6. The van der Waals surface area contributed by atoms with Gasteiger partial charge in [0.1, 0.15) is 0 Å². The molecule has 1 heterocycles. The van der Waals surface area contributed by atoms with E-state index in [9.17, 15) is 4.79 Å². The zero-order valence-electron chi connectivity index (χ0n) is 13.3. The minimum absolute atomic E-state index is 0.0417. The monoisotopic (exact) mass is 346 g/mol. The van der Waals surface area contributed by atoms with Crippen molar-refractivity contribution in [1.82, 2.24) is 10.6 Å². The molecule has 24 heavy (non-hydrogen) atoms. The summed E-state index contributed by atoms with van der Waals surface area (Å²) in [5.74, 6) is 1.39. The van der Waals surface area contributed by atoms with Crippen LogP contribution in [0.25, 0.3) is 0 Å². The first-order valence-electron chi connectivity index (χ1n) is 7.76. The second-order valence-corrected chi connectivity index (χ2v) is 6.06. The third-order valence-electron chi connectivity index (χ3n) is 3.84. The van der Waals surface area contributed by atoms with Crippen LogP contribution in [0.1, 0.15) is 24.1 Å². The third kappa shape index (κ3) is 4.19. The van der Waals surface area contributed by atoms with Crippen molar-refractivity contribution in [2.75, 3.05) is 13.3 Å². The first kappa shape index (κ1) is 16.6. The van der Waals surface area contributed by atoms with Gasteiger partial charge in [0.15, 0.2) is 11.5 Å². The van der Waals surface area contributed by atoms with E-state index in [4.69, 9.17) is 21.1 Å². The third-order valence-corrected chi connectivity index (χ3v) is 4.08. The van der Waals surface area contributed by atoms with Crippen molar-refractivity contribution in [3.05, 3.63) is 58.6 Å². The van der Waals surface area contributed by atoms with E-state index < -0.39 is 0 Å². The van der Waals surface area contributed by atoms with Crippen molar-refractivity contribution >= 4 is 17.5 Å². The summed E-state index contributed by atoms with van der Waals surface area (Å²) in [5, 5.41) is 6.76. The molecule has 126 valence electrons. The van der Waals surface area contributed by atoms with Crippen molar-refractivity contribution in [2.45, 2.75) is 19.5 Å². The standard InChI is InChI=1S/C18H19ClN2O3/c1-12(14-3-2-4-15(19)8-14)20-10-18(22)21-9-13-5-6-16-17(7-13)24-11-23-16/h2-8,12,20H,9-11H2,1H3,(H,21,22)/t12-/m0/s1. The Hall–Kier alpha value is -2.24. The fourth-order valence-electron chi connectivity index (χ4n) is 2.45. The van der Waals surface area contributed by atoms with Gasteiger partial charge in [-0.3, -0.25) is 4.79 Å². The average Bonchev–Trinajstić information content (AvgIpc) is 3.05. The van der Waals surface area contributed by atoms with Crippen molar-refractivity contribution < 1.29 is 14.3 Å². The summed E-state index contributed by atoms with van der Waals surface area (Å²) in [7, 11) is 0. The number of amides is 1. The Morgan fingerprint density at radius 1 is 1.21 bits per heavy atom. The largest absolute Gasteiger partial charge is 0.454 e. The number of carbonyl (C=O) groups excluding carboxylic acids is 1. The predicted molar refractivity (Wildman–Crippen MR) is 92.3 cm³/mol. The Labute approximate surface area is 145 Å². The van der Waals surface area contributed by atoms with E-state index in [1.54, 1.807) is 0 Å². The molecule has 3 rings (SSSR count). The van der Waals surface area contributed by atoms with Gasteiger partial charge in [0, 0.05) is 17.6 Å². The van der Waals surface area contributed by atoms with E-state index in [1.807, 2.05) is 49.4 Å². The molecule has 0 unspecified atom stereocenters. The number of nitrogens with one attached hydrogen (secondary N) is 2. The molecule has 0 spiro atoms. The predicted octanol–water partition coefficient (Wildman–Crippen LogP) is 3.04. The Morgan fingerprint density at radius 2 is 2.04 bits per heavy atom. The molecule has 1 aliphatic rings. The molecule has 6 heteroatoms. The lowest BCUT2D eigenvalue weighted by atomic mass is 10.1. The number of rotatable bonds is 6. The van der Waals surface area contributed by atoms with Crippen molar-refractivity contribution in [3.63, 3.8) is 0 Å². The van der Waals surface area contributed by atoms with Gasteiger partial charge in [-0.2, -0.15) is 0 Å². The summed E-state index contributed by atoms with van der Waals surface area (Å²) in [5.41, 5.74) is 2.02. The minimum Gasteiger partial charge on any atom is -0.454 e. The van der Waals surface area contributed by atoms with E-state index >= 15 is 0 Å². The molecule has 0 aliphatic carbocycles. The highest BCUT2D eigenvalue weighted by Gasteiger charge is 2.13. The lowest BCUT2D eigenvalue weighted by molar-refractivity contribution is -0.120. The molecule has 2 N–H and O–H groups in total. The van der Waals surface area contributed by atoms with Gasteiger partial charge < -0.3 is 20.1 Å². The number of benzene rings is 2. The molecule has 1 atom stereocenters. The van der Waals surface area contributed by atoms with Crippen LogP contribution < -0.4 is 20.1 Å². The summed E-state index contributed by atoms with van der Waals surface area (Å²) in [6, 6.07) is 13.3. The van der Waals surface area contributed by atoms with E-state index in [0.29, 0.717) is 11.6 Å². The highest BCUT2D eigenvalue weighted by molar-refractivity contribution is 6.30. The molecular formula is C18H19ClN2O3. The maximum atomic E-state index is 12.0. The highest BCUT2D eigenvalue weighted by Crippen LogP contribution is 2.32. The summed E-state index contributed by atoms with van der Waals surface area (Å²) in [6.45, 7) is 2.92. The van der Waals surface area contributed by atoms with E-state index in [1.165, 1.54) is 0 Å². The molecular weight excluding hydrogens is 328 g/mol. The van der Waals surface area contributed by atoms with E-state index in [0.717, 1.165) is 22.6 Å². The molecule has 0 bridgehead atoms. The zero-order valence-corrected chi connectivity index (χ0v) is 14.1. The molecule has 0 aromatic heterocycles. The van der Waals surface area contributed by atoms with Crippen LogP contribution in [0.2, 0.25) is 5.02 Å². The van der Waals surface area contributed by atoms with Crippen molar-refractivity contribution in [2.24, 2.45) is 0 Å². The van der Waals surface area contributed by atoms with Gasteiger partial charge in [-0.05, 0) is 42.3 Å².